The summed E-state index contributed by atoms with van der Waals surface area (Å²) < 4.78 is 128. The normalized spacial score (nSPS) is 22.1. The molecule has 7 atom stereocenters. The lowest BCUT2D eigenvalue weighted by atomic mass is 9.94. The SMILES string of the molecule is CC1(C)OC[C@H](C(=O)O)O1.COC(=O)[C@H]1COC(C)(C)O1.C[C@@H](N1CN([C@@H]2c3ccccc3SCc3c(Cl)cccc32)n2ccc(=O)c(O)c2C1=O)C(F)(F)F.C[C@@H](N1CN([C@@H]2c3ccccc3SCc3c(Cl)cccc32)n2ccc(=O)c(OC(=O)[C@H]3COC(C)(C)O3)c2C1=O)C(F)(F)F. The molecule has 23 nitrogen and oxygen atoms in total. The van der Waals surface area contributed by atoms with Crippen LogP contribution in [-0.2, 0) is 59.0 Å². The van der Waals surface area contributed by atoms with Crippen molar-refractivity contribution < 1.29 is 98.4 Å². The predicted octanol–water partition coefficient (Wildman–Crippen LogP) is 10.7. The van der Waals surface area contributed by atoms with Crippen LogP contribution in [0, 0.1) is 0 Å². The molecule has 0 bridgehead atoms. The van der Waals surface area contributed by atoms with Crippen LogP contribution < -0.4 is 25.6 Å². The average Bonchev–Trinajstić information content (AvgIpc) is 1.70. The van der Waals surface area contributed by atoms with Gasteiger partial charge in [0.15, 0.2) is 52.8 Å². The first-order valence-corrected chi connectivity index (χ1v) is 33.6. The number of thioether (sulfide) groups is 2. The molecule has 0 radical (unpaired) electrons. The Balaban J connectivity index is 0.000000169. The van der Waals surface area contributed by atoms with Gasteiger partial charge in [0, 0.05) is 55.9 Å². The van der Waals surface area contributed by atoms with Gasteiger partial charge in [-0.1, -0.05) is 83.9 Å². The number of carboxylic acid groups (broad SMARTS) is 1. The van der Waals surface area contributed by atoms with Crippen molar-refractivity contribution in [3.05, 3.63) is 185 Å². The van der Waals surface area contributed by atoms with Crippen molar-refractivity contribution in [2.45, 2.75) is 149 Å². The number of fused-ring (bicyclic) bond motifs is 6. The Morgan fingerprint density at radius 3 is 1.35 bits per heavy atom. The summed E-state index contributed by atoms with van der Waals surface area (Å²) in [6.07, 6.45) is -9.49. The number of halogens is 8. The van der Waals surface area contributed by atoms with Crippen molar-refractivity contribution >= 4 is 76.4 Å². The molecule has 0 saturated carbocycles. The first kappa shape index (κ1) is 74.8. The van der Waals surface area contributed by atoms with Crippen molar-refractivity contribution in [3.63, 3.8) is 0 Å². The maximum Gasteiger partial charge on any atom is 0.408 e. The minimum absolute atomic E-state index is 0.141. The molecule has 9 heterocycles. The molecule has 3 fully saturated rings. The second-order valence-corrected chi connectivity index (χ2v) is 27.7. The average molecular weight is 1480 g/mol. The van der Waals surface area contributed by atoms with Gasteiger partial charge in [0.25, 0.3) is 11.8 Å². The summed E-state index contributed by atoms with van der Waals surface area (Å²) in [5, 5.41) is 23.1. The van der Waals surface area contributed by atoms with E-state index in [9.17, 15) is 65.0 Å². The van der Waals surface area contributed by atoms with E-state index in [-0.39, 0.29) is 25.8 Å². The number of benzene rings is 4. The molecular weight excluding hydrogens is 1410 g/mol. The Labute approximate surface area is 586 Å². The second kappa shape index (κ2) is 29.2. The number of esters is 2. The number of hydrogen-bond acceptors (Lipinski definition) is 20. The molecule has 4 aromatic carbocycles. The fourth-order valence-corrected chi connectivity index (χ4v) is 14.7. The van der Waals surface area contributed by atoms with Gasteiger partial charge >= 0.3 is 30.3 Å². The first-order chi connectivity index (χ1) is 46.9. The number of aliphatic carboxylic acids is 1. The molecule has 2 aromatic heterocycles. The van der Waals surface area contributed by atoms with E-state index in [1.165, 1.54) is 40.6 Å². The number of carboxylic acids is 1. The van der Waals surface area contributed by atoms with Gasteiger partial charge in [-0.2, -0.15) is 26.3 Å². The third kappa shape index (κ3) is 15.8. The molecule has 33 heteroatoms. The summed E-state index contributed by atoms with van der Waals surface area (Å²) in [5.41, 5.74) is 1.87. The van der Waals surface area contributed by atoms with E-state index < -0.39 is 143 Å². The summed E-state index contributed by atoms with van der Waals surface area (Å²) >= 11 is 16.3. The molecule has 2 amide bonds. The lowest BCUT2D eigenvalue weighted by Crippen LogP contribution is -2.60. The van der Waals surface area contributed by atoms with Crippen molar-refractivity contribution in [3.8, 4) is 11.5 Å². The number of pyridine rings is 2. The van der Waals surface area contributed by atoms with E-state index in [0.717, 1.165) is 63.6 Å². The fourth-order valence-electron chi connectivity index (χ4n) is 11.8. The zero-order chi connectivity index (χ0) is 72.9. The molecule has 2 N–H and O–H groups in total. The van der Waals surface area contributed by atoms with E-state index in [1.807, 2.05) is 60.7 Å². The minimum atomic E-state index is -4.80. The van der Waals surface area contributed by atoms with E-state index in [0.29, 0.717) is 36.9 Å². The minimum Gasteiger partial charge on any atom is -0.502 e. The highest BCUT2D eigenvalue weighted by Crippen LogP contribution is 2.48. The number of ether oxygens (including phenoxy) is 8. The van der Waals surface area contributed by atoms with Crippen LogP contribution in [0.25, 0.3) is 0 Å². The largest absolute Gasteiger partial charge is 0.502 e. The molecule has 6 aromatic rings. The Bertz CT molecular complexity index is 4270. The van der Waals surface area contributed by atoms with Crippen LogP contribution in [0.15, 0.2) is 129 Å². The van der Waals surface area contributed by atoms with Gasteiger partial charge in [-0.3, -0.25) is 38.5 Å². The summed E-state index contributed by atoms with van der Waals surface area (Å²) in [6, 6.07) is 22.0. The first-order valence-electron chi connectivity index (χ1n) is 30.9. The van der Waals surface area contributed by atoms with Crippen molar-refractivity contribution in [2.75, 3.05) is 50.3 Å². The van der Waals surface area contributed by atoms with Gasteiger partial charge in [-0.25, -0.2) is 14.4 Å². The van der Waals surface area contributed by atoms with Crippen molar-refractivity contribution in [1.82, 2.24) is 19.2 Å². The molecule has 7 aliphatic heterocycles. The number of aromatic hydroxyl groups is 1. The van der Waals surface area contributed by atoms with Crippen LogP contribution in [0.5, 0.6) is 11.5 Å². The molecule has 7 aliphatic rings. The van der Waals surface area contributed by atoms with E-state index in [1.54, 1.807) is 87.6 Å². The highest BCUT2D eigenvalue weighted by atomic mass is 35.5. The van der Waals surface area contributed by atoms with Crippen LogP contribution in [-0.4, -0.2) is 159 Å². The molecular formula is C67H68Cl2F6N6O17S2. The van der Waals surface area contributed by atoms with Crippen LogP contribution in [0.2, 0.25) is 10.0 Å². The van der Waals surface area contributed by atoms with Gasteiger partial charge in [0.2, 0.25) is 16.6 Å². The lowest BCUT2D eigenvalue weighted by Gasteiger charge is -2.46. The smallest absolute Gasteiger partial charge is 0.408 e. The number of methoxy groups -OCH3 is 1. The molecule has 0 spiro atoms. The van der Waals surface area contributed by atoms with Crippen LogP contribution >= 0.6 is 46.7 Å². The molecule has 0 aliphatic carbocycles. The highest BCUT2D eigenvalue weighted by molar-refractivity contribution is 7.98. The predicted molar refractivity (Wildman–Crippen MR) is 351 cm³/mol. The van der Waals surface area contributed by atoms with Gasteiger partial charge in [0.1, 0.15) is 25.4 Å². The summed E-state index contributed by atoms with van der Waals surface area (Å²) in [7, 11) is 1.33. The number of carbonyl (C=O) groups is 5. The summed E-state index contributed by atoms with van der Waals surface area (Å²) in [5.74, 6) is -7.62. The standard InChI is InChI=1S/C30H27ClF3N3O6S.C24H19ClF3N3O3S.C7H12O4.C6H10O4/c1-16(30(32,33)34)35-15-37(24-17-8-6-9-20(31)19(17)14-44-23-10-5-4-7-18(23)24)36-12-11-21(38)26(25(36)27(35)39)42-28(40)22-13-41-29(2,3)43-22;1-13(24(26,27)28)29-12-31(30-10-9-18(32)22(33)21(30)23(29)34)20-14-6-4-7-17(25)16(14)11-35-19-8-3-2-5-15(19)20;1-7(2)10-4-5(11-7)6(8)9-3;1-6(2)9-3-4(10-6)5(7)8/h4-12,16,22,24H,13-15H2,1-3H3;2-10,13,20,33H,11-12H2,1H3;5H,4H2,1-3H3;4H,3H2,1-2H3,(H,7,8)/t16-,22-,24+;13-,20+;5-;4-/m1111/s1. The van der Waals surface area contributed by atoms with E-state index in [4.69, 9.17) is 61.5 Å². The zero-order valence-electron chi connectivity index (χ0n) is 54.9. The van der Waals surface area contributed by atoms with Crippen molar-refractivity contribution in [2.24, 2.45) is 0 Å². The van der Waals surface area contributed by atoms with Gasteiger partial charge < -0.3 is 57.9 Å². The van der Waals surface area contributed by atoms with Crippen LogP contribution in [0.4, 0.5) is 26.3 Å². The number of hydrogen-bond donors (Lipinski definition) is 2. The maximum absolute atomic E-state index is 14.2. The number of rotatable bonds is 8. The number of nitrogens with zero attached hydrogens (tertiary/aromatic N) is 6. The van der Waals surface area contributed by atoms with E-state index >= 15 is 0 Å². The maximum atomic E-state index is 14.2. The lowest BCUT2D eigenvalue weighted by molar-refractivity contribution is -0.173. The zero-order valence-corrected chi connectivity index (χ0v) is 58.1. The fraction of sp³-hybridized carbons (Fsp3) is 0.418. The van der Waals surface area contributed by atoms with Gasteiger partial charge in [-0.05, 0) is 113 Å². The second-order valence-electron chi connectivity index (χ2n) is 24.9. The number of amides is 2. The van der Waals surface area contributed by atoms with Gasteiger partial charge in [0.05, 0.1) is 39.0 Å². The molecule has 100 heavy (non-hydrogen) atoms. The number of aromatic nitrogens is 2. The summed E-state index contributed by atoms with van der Waals surface area (Å²) in [4.78, 5) is 89.7. The Hall–Kier alpha value is -7.85. The molecule has 0 unspecified atom stereocenters. The van der Waals surface area contributed by atoms with E-state index in [2.05, 4.69) is 4.74 Å². The molecule has 3 saturated heterocycles. The van der Waals surface area contributed by atoms with Crippen LogP contribution in [0.1, 0.15) is 122 Å². The molecule has 536 valence electrons. The highest BCUT2D eigenvalue weighted by Gasteiger charge is 2.51. The topological polar surface area (TPSA) is 257 Å². The third-order valence-electron chi connectivity index (χ3n) is 16.9. The Morgan fingerprint density at radius 1 is 0.560 bits per heavy atom. The quantitative estimate of drug-likeness (QED) is 0.106. The van der Waals surface area contributed by atoms with Gasteiger partial charge in [-0.15, -0.1) is 23.5 Å². The van der Waals surface area contributed by atoms with Crippen LogP contribution in [0.3, 0.4) is 0 Å². The monoisotopic (exact) mass is 1480 g/mol. The summed E-state index contributed by atoms with van der Waals surface area (Å²) in [6.45, 7) is 11.1. The number of alkyl halides is 6. The Kier molecular flexibility index (Phi) is 21.9. The third-order valence-corrected chi connectivity index (χ3v) is 19.9. The molecule has 13 rings (SSSR count). The van der Waals surface area contributed by atoms with Crippen molar-refractivity contribution in [1.29, 1.82) is 0 Å². The Morgan fingerprint density at radius 2 is 0.950 bits per heavy atom. The number of carbonyl (C=O) groups excluding carboxylic acids is 4.